The molecule has 2 amide bonds. The number of hydrogen-bond acceptors (Lipinski definition) is 7. The maximum absolute atomic E-state index is 12.5. The molecule has 0 unspecified atom stereocenters. The third kappa shape index (κ3) is 8.39. The lowest BCUT2D eigenvalue weighted by Gasteiger charge is -2.27. The Morgan fingerprint density at radius 3 is 1.92 bits per heavy atom. The third-order valence-electron chi connectivity index (χ3n) is 6.22. The Morgan fingerprint density at radius 1 is 0.737 bits per heavy atom. The molecule has 0 heterocycles. The second-order valence-corrected chi connectivity index (χ2v) is 8.91. The Kier molecular flexibility index (Phi) is 11.3. The summed E-state index contributed by atoms with van der Waals surface area (Å²) < 4.78 is 22.3. The second kappa shape index (κ2) is 14.9. The first kappa shape index (κ1) is 28.8. The van der Waals surface area contributed by atoms with Gasteiger partial charge in [-0.3, -0.25) is 14.4 Å². The first-order valence-corrected chi connectivity index (χ1v) is 13.3. The van der Waals surface area contributed by atoms with Gasteiger partial charge in [0.2, 0.25) is 0 Å². The van der Waals surface area contributed by atoms with Gasteiger partial charge in [-0.25, -0.2) is 0 Å². The molecule has 2 N–H and O–H groups in total. The highest BCUT2D eigenvalue weighted by molar-refractivity contribution is 5.95. The molecule has 1 saturated carbocycles. The van der Waals surface area contributed by atoms with Crippen molar-refractivity contribution in [3.05, 3.63) is 53.6 Å². The van der Waals surface area contributed by atoms with E-state index in [1.54, 1.807) is 42.5 Å². The van der Waals surface area contributed by atoms with Gasteiger partial charge in [-0.15, -0.1) is 0 Å². The summed E-state index contributed by atoms with van der Waals surface area (Å²) in [7, 11) is 0. The molecule has 0 aliphatic heterocycles. The van der Waals surface area contributed by atoms with Crippen LogP contribution in [0, 0.1) is 5.92 Å². The van der Waals surface area contributed by atoms with Crippen molar-refractivity contribution in [1.29, 1.82) is 0 Å². The molecule has 206 valence electrons. The van der Waals surface area contributed by atoms with Crippen molar-refractivity contribution in [2.75, 3.05) is 32.9 Å². The van der Waals surface area contributed by atoms with Crippen molar-refractivity contribution >= 4 is 17.8 Å². The van der Waals surface area contributed by atoms with Crippen LogP contribution in [0.3, 0.4) is 0 Å². The molecule has 3 rings (SSSR count). The molecular weight excluding hydrogens is 488 g/mol. The zero-order valence-electron chi connectivity index (χ0n) is 22.4. The zero-order valence-corrected chi connectivity index (χ0v) is 22.4. The molecule has 2 aromatic rings. The van der Waals surface area contributed by atoms with E-state index in [9.17, 15) is 14.4 Å². The highest BCUT2D eigenvalue weighted by Crippen LogP contribution is 2.29. The summed E-state index contributed by atoms with van der Waals surface area (Å²) in [5, 5.41) is 5.61. The summed E-state index contributed by atoms with van der Waals surface area (Å²) in [4.78, 5) is 36.9. The van der Waals surface area contributed by atoms with Gasteiger partial charge in [-0.2, -0.15) is 0 Å². The molecule has 0 atom stereocenters. The van der Waals surface area contributed by atoms with Crippen molar-refractivity contribution < 1.29 is 33.3 Å². The molecule has 9 heteroatoms. The fourth-order valence-corrected chi connectivity index (χ4v) is 4.30. The molecule has 9 nitrogen and oxygen atoms in total. The Balaban J connectivity index is 1.40. The second-order valence-electron chi connectivity index (χ2n) is 8.91. The van der Waals surface area contributed by atoms with Crippen molar-refractivity contribution in [3.63, 3.8) is 0 Å². The Morgan fingerprint density at radius 2 is 1.32 bits per heavy atom. The molecule has 1 fully saturated rings. The van der Waals surface area contributed by atoms with E-state index >= 15 is 0 Å². The first-order valence-electron chi connectivity index (χ1n) is 13.3. The quantitative estimate of drug-likeness (QED) is 0.298. The fraction of sp³-hybridized carbons (Fsp3) is 0.483. The highest BCUT2D eigenvalue weighted by Gasteiger charge is 2.28. The van der Waals surface area contributed by atoms with E-state index < -0.39 is 0 Å². The Hall–Kier alpha value is -3.75. The number of carbonyl (C=O) groups excluding carboxylic acids is 3. The molecule has 0 saturated heterocycles. The fourth-order valence-electron chi connectivity index (χ4n) is 4.30. The SMILES string of the molecule is CCOc1ccc(C(=O)NCCNC(=O)c2ccc(O[C@H]3CC[C@@H](C(=O)OCC)CC3)cc2)cc1OCC. The number of carbonyl (C=O) groups is 3. The summed E-state index contributed by atoms with van der Waals surface area (Å²) in [5.41, 5.74) is 0.954. The van der Waals surface area contributed by atoms with E-state index in [-0.39, 0.29) is 42.9 Å². The van der Waals surface area contributed by atoms with Crippen LogP contribution in [-0.2, 0) is 9.53 Å². The number of esters is 1. The number of amides is 2. The number of hydrogen-bond donors (Lipinski definition) is 2. The predicted octanol–water partition coefficient (Wildman–Crippen LogP) is 4.14. The van der Waals surface area contributed by atoms with E-state index in [1.807, 2.05) is 20.8 Å². The van der Waals surface area contributed by atoms with Crippen LogP contribution in [-0.4, -0.2) is 56.8 Å². The van der Waals surface area contributed by atoms with Crippen LogP contribution >= 0.6 is 0 Å². The number of nitrogens with one attached hydrogen (secondary N) is 2. The molecule has 0 aromatic heterocycles. The normalized spacial score (nSPS) is 16.7. The van der Waals surface area contributed by atoms with Crippen LogP contribution in [0.2, 0.25) is 0 Å². The smallest absolute Gasteiger partial charge is 0.308 e. The van der Waals surface area contributed by atoms with Crippen LogP contribution in [0.15, 0.2) is 42.5 Å². The molecule has 38 heavy (non-hydrogen) atoms. The lowest BCUT2D eigenvalue weighted by molar-refractivity contribution is -0.149. The van der Waals surface area contributed by atoms with Gasteiger partial charge in [0, 0.05) is 24.2 Å². The number of benzene rings is 2. The van der Waals surface area contributed by atoms with Crippen LogP contribution < -0.4 is 24.8 Å². The van der Waals surface area contributed by atoms with Crippen LogP contribution in [0.1, 0.15) is 67.2 Å². The average Bonchev–Trinajstić information content (AvgIpc) is 2.93. The van der Waals surface area contributed by atoms with Gasteiger partial charge < -0.3 is 29.6 Å². The van der Waals surface area contributed by atoms with E-state index in [1.165, 1.54) is 0 Å². The number of rotatable bonds is 13. The van der Waals surface area contributed by atoms with E-state index in [0.717, 1.165) is 25.7 Å². The molecule has 0 spiro atoms. The van der Waals surface area contributed by atoms with Crippen LogP contribution in [0.5, 0.6) is 17.2 Å². The molecule has 2 aromatic carbocycles. The summed E-state index contributed by atoms with van der Waals surface area (Å²) in [6.45, 7) is 7.49. The Labute approximate surface area is 224 Å². The minimum absolute atomic E-state index is 0.0425. The first-order chi connectivity index (χ1) is 18.4. The molecule has 0 bridgehead atoms. The van der Waals surface area contributed by atoms with Gasteiger partial charge in [0.05, 0.1) is 31.8 Å². The van der Waals surface area contributed by atoms with Gasteiger partial charge in [0.1, 0.15) is 5.75 Å². The van der Waals surface area contributed by atoms with Gasteiger partial charge in [-0.1, -0.05) is 0 Å². The molecule has 0 radical (unpaired) electrons. The minimum Gasteiger partial charge on any atom is -0.490 e. The zero-order chi connectivity index (χ0) is 27.3. The van der Waals surface area contributed by atoms with Crippen LogP contribution in [0.4, 0.5) is 0 Å². The molecular formula is C29H38N2O7. The topological polar surface area (TPSA) is 112 Å². The summed E-state index contributed by atoms with van der Waals surface area (Å²) in [6.07, 6.45) is 3.14. The van der Waals surface area contributed by atoms with E-state index in [2.05, 4.69) is 10.6 Å². The maximum Gasteiger partial charge on any atom is 0.308 e. The van der Waals surface area contributed by atoms with E-state index in [0.29, 0.717) is 48.2 Å². The summed E-state index contributed by atoms with van der Waals surface area (Å²) >= 11 is 0. The maximum atomic E-state index is 12.5. The predicted molar refractivity (Wildman–Crippen MR) is 143 cm³/mol. The summed E-state index contributed by atoms with van der Waals surface area (Å²) in [6, 6.07) is 12.0. The Bertz CT molecular complexity index is 1060. The van der Waals surface area contributed by atoms with Gasteiger partial charge in [0.25, 0.3) is 11.8 Å². The monoisotopic (exact) mass is 526 g/mol. The van der Waals surface area contributed by atoms with Gasteiger partial charge in [-0.05, 0) is 88.9 Å². The van der Waals surface area contributed by atoms with Gasteiger partial charge >= 0.3 is 5.97 Å². The van der Waals surface area contributed by atoms with E-state index in [4.69, 9.17) is 18.9 Å². The van der Waals surface area contributed by atoms with Crippen molar-refractivity contribution in [3.8, 4) is 17.2 Å². The lowest BCUT2D eigenvalue weighted by Crippen LogP contribution is -2.34. The van der Waals surface area contributed by atoms with Crippen molar-refractivity contribution in [2.24, 2.45) is 5.92 Å². The van der Waals surface area contributed by atoms with Crippen LogP contribution in [0.25, 0.3) is 0 Å². The minimum atomic E-state index is -0.263. The highest BCUT2D eigenvalue weighted by atomic mass is 16.5. The van der Waals surface area contributed by atoms with Crippen molar-refractivity contribution in [2.45, 2.75) is 52.6 Å². The lowest BCUT2D eigenvalue weighted by atomic mass is 9.87. The molecule has 1 aliphatic rings. The standard InChI is InChI=1S/C29H38N2O7/c1-4-35-25-16-11-22(19-26(25)36-5-2)28(33)31-18-17-30-27(32)20-7-12-23(13-8-20)38-24-14-9-21(10-15-24)29(34)37-6-3/h7-8,11-13,16,19,21,24H,4-6,9-10,14-15,17-18H2,1-3H3,(H,30,32)(H,31,33)/t21-,24+. The average molecular weight is 527 g/mol. The third-order valence-corrected chi connectivity index (χ3v) is 6.22. The largest absolute Gasteiger partial charge is 0.490 e. The van der Waals surface area contributed by atoms with Gasteiger partial charge in [0.15, 0.2) is 11.5 Å². The molecule has 1 aliphatic carbocycles. The summed E-state index contributed by atoms with van der Waals surface area (Å²) in [5.74, 6) is 1.15. The number of ether oxygens (including phenoxy) is 4. The van der Waals surface area contributed by atoms with Crippen molar-refractivity contribution in [1.82, 2.24) is 10.6 Å².